The first-order chi connectivity index (χ1) is 9.69. The first-order valence-electron chi connectivity index (χ1n) is 7.43. The first kappa shape index (κ1) is 14.9. The van der Waals surface area contributed by atoms with E-state index in [1.807, 2.05) is 31.2 Å². The van der Waals surface area contributed by atoms with Gasteiger partial charge in [-0.1, -0.05) is 12.1 Å². The van der Waals surface area contributed by atoms with Gasteiger partial charge in [0.2, 0.25) is 5.91 Å². The molecule has 1 unspecified atom stereocenters. The number of ether oxygens (including phenoxy) is 1. The zero-order valence-corrected chi connectivity index (χ0v) is 12.1. The number of hydrogen-bond donors (Lipinski definition) is 2. The summed E-state index contributed by atoms with van der Waals surface area (Å²) in [6, 6.07) is 8.03. The normalized spacial score (nSPS) is 15.7. The third-order valence-corrected chi connectivity index (χ3v) is 3.64. The molecule has 0 bridgehead atoms. The number of carbonyl (C=O) groups excluding carboxylic acids is 1. The van der Waals surface area contributed by atoms with Crippen molar-refractivity contribution in [3.8, 4) is 5.75 Å². The minimum atomic E-state index is 0.0787. The fourth-order valence-electron chi connectivity index (χ4n) is 2.19. The Bertz CT molecular complexity index is 427. The Hall–Kier alpha value is -1.55. The van der Waals surface area contributed by atoms with Crippen LogP contribution in [-0.4, -0.2) is 25.1 Å². The minimum Gasteiger partial charge on any atom is -0.494 e. The molecule has 110 valence electrons. The molecule has 4 heteroatoms. The lowest BCUT2D eigenvalue weighted by atomic mass is 10.1. The van der Waals surface area contributed by atoms with Crippen LogP contribution < -0.4 is 15.8 Å². The number of nitrogens with two attached hydrogens (primary N) is 1. The lowest BCUT2D eigenvalue weighted by Crippen LogP contribution is -2.38. The van der Waals surface area contributed by atoms with Crippen LogP contribution in [0.4, 0.5) is 0 Å². The summed E-state index contributed by atoms with van der Waals surface area (Å²) in [5, 5.41) is 2.92. The fourth-order valence-corrected chi connectivity index (χ4v) is 2.19. The molecule has 1 fully saturated rings. The molecular formula is C16H24N2O2. The molecule has 2 rings (SSSR count). The van der Waals surface area contributed by atoms with Gasteiger partial charge in [-0.2, -0.15) is 0 Å². The second-order valence-corrected chi connectivity index (χ2v) is 5.38. The second-order valence-electron chi connectivity index (χ2n) is 5.38. The number of hydrogen-bond acceptors (Lipinski definition) is 3. The first-order valence-corrected chi connectivity index (χ1v) is 7.43. The van der Waals surface area contributed by atoms with Crippen LogP contribution >= 0.6 is 0 Å². The molecule has 0 saturated heterocycles. The minimum absolute atomic E-state index is 0.0787. The third kappa shape index (κ3) is 4.85. The highest BCUT2D eigenvalue weighted by Gasteiger charge is 2.28. The molecule has 1 amide bonds. The van der Waals surface area contributed by atoms with Crippen molar-refractivity contribution in [2.24, 2.45) is 11.7 Å². The van der Waals surface area contributed by atoms with Gasteiger partial charge < -0.3 is 15.8 Å². The maximum Gasteiger partial charge on any atom is 0.220 e. The van der Waals surface area contributed by atoms with E-state index < -0.39 is 0 Å². The van der Waals surface area contributed by atoms with Crippen molar-refractivity contribution in [1.29, 1.82) is 0 Å². The van der Waals surface area contributed by atoms with Crippen molar-refractivity contribution in [1.82, 2.24) is 5.32 Å². The molecule has 20 heavy (non-hydrogen) atoms. The predicted molar refractivity (Wildman–Crippen MR) is 79.6 cm³/mol. The molecule has 1 aliphatic rings. The van der Waals surface area contributed by atoms with Gasteiger partial charge in [0.1, 0.15) is 5.75 Å². The SMILES string of the molecule is CCOc1ccc(CCC(=O)NCC(N)C2CC2)cc1. The molecule has 4 nitrogen and oxygen atoms in total. The van der Waals surface area contributed by atoms with Crippen molar-refractivity contribution >= 4 is 5.91 Å². The van der Waals surface area contributed by atoms with Gasteiger partial charge in [-0.15, -0.1) is 0 Å². The van der Waals surface area contributed by atoms with Crippen LogP contribution in [0.1, 0.15) is 31.7 Å². The summed E-state index contributed by atoms with van der Waals surface area (Å²) in [5.74, 6) is 1.58. The van der Waals surface area contributed by atoms with Crippen molar-refractivity contribution in [3.63, 3.8) is 0 Å². The van der Waals surface area contributed by atoms with E-state index in [2.05, 4.69) is 5.32 Å². The number of rotatable bonds is 8. The monoisotopic (exact) mass is 276 g/mol. The molecule has 1 aromatic rings. The Morgan fingerprint density at radius 2 is 2.10 bits per heavy atom. The van der Waals surface area contributed by atoms with Gasteiger partial charge in [0, 0.05) is 19.0 Å². The molecular weight excluding hydrogens is 252 g/mol. The van der Waals surface area contributed by atoms with Gasteiger partial charge in [0.25, 0.3) is 0 Å². The Balaban J connectivity index is 1.66. The number of aryl methyl sites for hydroxylation is 1. The molecule has 1 atom stereocenters. The lowest BCUT2D eigenvalue weighted by Gasteiger charge is -2.11. The van der Waals surface area contributed by atoms with E-state index in [-0.39, 0.29) is 11.9 Å². The van der Waals surface area contributed by atoms with Crippen LogP contribution in [0.2, 0.25) is 0 Å². The van der Waals surface area contributed by atoms with E-state index in [9.17, 15) is 4.79 Å². The topological polar surface area (TPSA) is 64.3 Å². The quantitative estimate of drug-likeness (QED) is 0.762. The molecule has 0 aromatic heterocycles. The van der Waals surface area contributed by atoms with Gasteiger partial charge >= 0.3 is 0 Å². The average molecular weight is 276 g/mol. The lowest BCUT2D eigenvalue weighted by molar-refractivity contribution is -0.121. The van der Waals surface area contributed by atoms with Gasteiger partial charge in [-0.25, -0.2) is 0 Å². The molecule has 0 radical (unpaired) electrons. The molecule has 0 aliphatic heterocycles. The highest BCUT2D eigenvalue weighted by Crippen LogP contribution is 2.31. The summed E-state index contributed by atoms with van der Waals surface area (Å²) in [6.07, 6.45) is 3.68. The van der Waals surface area contributed by atoms with Crippen molar-refractivity contribution in [2.75, 3.05) is 13.2 Å². The van der Waals surface area contributed by atoms with E-state index in [0.29, 0.717) is 25.5 Å². The summed E-state index contributed by atoms with van der Waals surface area (Å²) in [6.45, 7) is 3.24. The maximum atomic E-state index is 11.7. The largest absolute Gasteiger partial charge is 0.494 e. The number of amides is 1. The zero-order chi connectivity index (χ0) is 14.4. The van der Waals surface area contributed by atoms with Gasteiger partial charge in [0.15, 0.2) is 0 Å². The summed E-state index contributed by atoms with van der Waals surface area (Å²) in [7, 11) is 0. The molecule has 1 aromatic carbocycles. The summed E-state index contributed by atoms with van der Waals surface area (Å²) >= 11 is 0. The molecule has 1 saturated carbocycles. The van der Waals surface area contributed by atoms with Gasteiger partial charge in [-0.3, -0.25) is 4.79 Å². The van der Waals surface area contributed by atoms with Crippen molar-refractivity contribution in [3.05, 3.63) is 29.8 Å². The van der Waals surface area contributed by atoms with Crippen LogP contribution in [0.15, 0.2) is 24.3 Å². The predicted octanol–water partition coefficient (Wildman–Crippen LogP) is 1.87. The molecule has 0 heterocycles. The van der Waals surface area contributed by atoms with Gasteiger partial charge in [0.05, 0.1) is 6.61 Å². The average Bonchev–Trinajstić information content (AvgIpc) is 3.29. The third-order valence-electron chi connectivity index (χ3n) is 3.64. The Morgan fingerprint density at radius 3 is 2.70 bits per heavy atom. The van der Waals surface area contributed by atoms with Crippen LogP contribution in [-0.2, 0) is 11.2 Å². The molecule has 0 spiro atoms. The van der Waals surface area contributed by atoms with Crippen LogP contribution in [0.3, 0.4) is 0 Å². The van der Waals surface area contributed by atoms with Gasteiger partial charge in [-0.05, 0) is 49.8 Å². The van der Waals surface area contributed by atoms with E-state index in [1.165, 1.54) is 12.8 Å². The number of nitrogens with one attached hydrogen (secondary N) is 1. The molecule has 1 aliphatic carbocycles. The van der Waals surface area contributed by atoms with Crippen molar-refractivity contribution < 1.29 is 9.53 Å². The summed E-state index contributed by atoms with van der Waals surface area (Å²) in [5.41, 5.74) is 7.10. The Labute approximate surface area is 120 Å². The van der Waals surface area contributed by atoms with E-state index in [4.69, 9.17) is 10.5 Å². The number of carbonyl (C=O) groups is 1. The summed E-state index contributed by atoms with van der Waals surface area (Å²) in [4.78, 5) is 11.7. The number of benzene rings is 1. The second kappa shape index (κ2) is 7.29. The fraction of sp³-hybridized carbons (Fsp3) is 0.562. The molecule has 3 N–H and O–H groups in total. The van der Waals surface area contributed by atoms with Crippen molar-refractivity contribution in [2.45, 2.75) is 38.6 Å². The highest BCUT2D eigenvalue weighted by atomic mass is 16.5. The van der Waals surface area contributed by atoms with E-state index >= 15 is 0 Å². The summed E-state index contributed by atoms with van der Waals surface area (Å²) < 4.78 is 5.39. The highest BCUT2D eigenvalue weighted by molar-refractivity contribution is 5.76. The Morgan fingerprint density at radius 1 is 1.40 bits per heavy atom. The zero-order valence-electron chi connectivity index (χ0n) is 12.1. The van der Waals surface area contributed by atoms with E-state index in [0.717, 1.165) is 17.7 Å². The Kier molecular flexibility index (Phi) is 5.41. The smallest absolute Gasteiger partial charge is 0.220 e. The van der Waals surface area contributed by atoms with Crippen LogP contribution in [0.5, 0.6) is 5.75 Å². The standard InChI is InChI=1S/C16H24N2O2/c1-2-20-14-8-3-12(4-9-14)5-10-16(19)18-11-15(17)13-6-7-13/h3-4,8-9,13,15H,2,5-7,10-11,17H2,1H3,(H,18,19). The van der Waals surface area contributed by atoms with Crippen LogP contribution in [0.25, 0.3) is 0 Å². The van der Waals surface area contributed by atoms with E-state index in [1.54, 1.807) is 0 Å². The van der Waals surface area contributed by atoms with Crippen LogP contribution in [0, 0.1) is 5.92 Å². The maximum absolute atomic E-state index is 11.7.